The van der Waals surface area contributed by atoms with E-state index in [1.165, 1.54) is 11.1 Å². The molecule has 2 aliphatic heterocycles. The molecule has 270 valence electrons. The smallest absolute Gasteiger partial charge is 0.226 e. The third kappa shape index (κ3) is 10.9. The van der Waals surface area contributed by atoms with Crippen molar-refractivity contribution in [2.24, 2.45) is 11.8 Å². The van der Waals surface area contributed by atoms with E-state index in [-0.39, 0.29) is 36.3 Å². The van der Waals surface area contributed by atoms with E-state index in [4.69, 9.17) is 4.74 Å². The second-order valence-electron chi connectivity index (χ2n) is 14.5. The van der Waals surface area contributed by atoms with Crippen LogP contribution in [0.4, 0.5) is 0 Å². The number of aromatic nitrogens is 1. The van der Waals surface area contributed by atoms with Gasteiger partial charge in [-0.3, -0.25) is 19.5 Å². The predicted molar refractivity (Wildman–Crippen MR) is 202 cm³/mol. The number of aliphatic hydroxyl groups is 1. The van der Waals surface area contributed by atoms with Gasteiger partial charge in [-0.1, -0.05) is 66.7 Å². The second-order valence-corrected chi connectivity index (χ2v) is 14.5. The van der Waals surface area contributed by atoms with Crippen LogP contribution >= 0.6 is 0 Å². The topological polar surface area (TPSA) is 95.0 Å². The van der Waals surface area contributed by atoms with Gasteiger partial charge in [0, 0.05) is 43.8 Å². The van der Waals surface area contributed by atoms with Crippen LogP contribution < -0.4 is 10.1 Å². The zero-order valence-electron chi connectivity index (χ0n) is 29.9. The van der Waals surface area contributed by atoms with Crippen molar-refractivity contribution in [2.75, 3.05) is 39.3 Å². The number of nitrogens with zero attached hydrogens (tertiary/aromatic N) is 3. The van der Waals surface area contributed by atoms with Gasteiger partial charge in [-0.25, -0.2) is 0 Å². The van der Waals surface area contributed by atoms with E-state index in [9.17, 15) is 14.7 Å². The third-order valence-electron chi connectivity index (χ3n) is 10.5. The van der Waals surface area contributed by atoms with E-state index >= 15 is 0 Å². The van der Waals surface area contributed by atoms with Crippen LogP contribution in [0.2, 0.25) is 0 Å². The summed E-state index contributed by atoms with van der Waals surface area (Å²) in [5.41, 5.74) is 3.52. The molecule has 2 amide bonds. The Morgan fingerprint density at radius 1 is 0.804 bits per heavy atom. The van der Waals surface area contributed by atoms with E-state index in [0.29, 0.717) is 31.9 Å². The summed E-state index contributed by atoms with van der Waals surface area (Å²) in [6.45, 7) is 3.27. The molecule has 0 saturated carbocycles. The van der Waals surface area contributed by atoms with Crippen molar-refractivity contribution >= 4 is 22.7 Å². The first kappa shape index (κ1) is 36.5. The molecular weight excluding hydrogens is 636 g/mol. The van der Waals surface area contributed by atoms with Gasteiger partial charge in [-0.2, -0.15) is 0 Å². The van der Waals surface area contributed by atoms with Crippen molar-refractivity contribution in [1.82, 2.24) is 20.1 Å². The Hall–Kier alpha value is -4.27. The first-order chi connectivity index (χ1) is 25.0. The number of amides is 2. The monoisotopic (exact) mass is 690 g/mol. The highest BCUT2D eigenvalue weighted by atomic mass is 16.5. The molecule has 0 spiro atoms. The lowest BCUT2D eigenvalue weighted by Gasteiger charge is -2.38. The Morgan fingerprint density at radius 2 is 1.49 bits per heavy atom. The molecule has 0 aliphatic carbocycles. The van der Waals surface area contributed by atoms with Crippen LogP contribution in [0.15, 0.2) is 97.2 Å². The highest BCUT2D eigenvalue weighted by molar-refractivity contribution is 5.85. The fraction of sp³-hybridized carbons (Fsp3) is 0.465. The molecule has 8 heteroatoms. The van der Waals surface area contributed by atoms with Gasteiger partial charge < -0.3 is 20.1 Å². The van der Waals surface area contributed by atoms with E-state index in [1.807, 2.05) is 47.4 Å². The number of benzene rings is 3. The number of hydrogen-bond acceptors (Lipinski definition) is 6. The summed E-state index contributed by atoms with van der Waals surface area (Å²) in [6, 6.07) is 30.8. The maximum absolute atomic E-state index is 13.8. The van der Waals surface area contributed by atoms with Gasteiger partial charge in [0.05, 0.1) is 17.4 Å². The molecule has 4 aromatic rings. The highest BCUT2D eigenvalue weighted by Crippen LogP contribution is 2.26. The summed E-state index contributed by atoms with van der Waals surface area (Å²) in [5.74, 6) is 0.638. The van der Waals surface area contributed by atoms with Gasteiger partial charge in [0.25, 0.3) is 0 Å². The fourth-order valence-corrected chi connectivity index (χ4v) is 7.81. The molecule has 3 heterocycles. The number of likely N-dealkylation sites (tertiary alicyclic amines) is 2. The molecule has 2 unspecified atom stereocenters. The standard InChI is InChI=1S/C43H54N4O4/c48-38(32-51-41-25-9-24-40-39(41)23-10-26-44-40)31-46-27-11-20-36(29-46)43(50)47-28-12-19-35(30-47)42(49)45-37(21-7-17-33-13-3-1-4-14-33)22-8-18-34-15-5-2-6-16-34/h1-6,9-10,13-16,23-26,35-38,48H,7-8,11-12,17-22,27-32H2,(H,45,49)/t35?,36?,38-/m0/s1. The summed E-state index contributed by atoms with van der Waals surface area (Å²) in [5, 5.41) is 15.2. The molecule has 0 radical (unpaired) electrons. The van der Waals surface area contributed by atoms with Crippen molar-refractivity contribution in [3.05, 3.63) is 108 Å². The number of β-amino-alcohol motifs (C(OH)–C–C–N with tert-alkyl or cyclic N) is 1. The molecule has 2 saturated heterocycles. The minimum Gasteiger partial charge on any atom is -0.490 e. The van der Waals surface area contributed by atoms with Gasteiger partial charge in [-0.15, -0.1) is 0 Å². The second kappa shape index (κ2) is 18.8. The lowest BCUT2D eigenvalue weighted by molar-refractivity contribution is -0.141. The normalized spacial score (nSPS) is 18.8. The van der Waals surface area contributed by atoms with Crippen molar-refractivity contribution in [1.29, 1.82) is 0 Å². The van der Waals surface area contributed by atoms with Crippen LogP contribution in [0.25, 0.3) is 10.9 Å². The zero-order valence-corrected chi connectivity index (χ0v) is 29.9. The van der Waals surface area contributed by atoms with E-state index in [0.717, 1.165) is 81.7 Å². The number of piperidine rings is 2. The lowest BCUT2D eigenvalue weighted by atomic mass is 9.92. The minimum absolute atomic E-state index is 0.0901. The number of ether oxygens (including phenoxy) is 1. The van der Waals surface area contributed by atoms with E-state index in [1.54, 1.807) is 6.20 Å². The number of aryl methyl sites for hydroxylation is 2. The lowest BCUT2D eigenvalue weighted by Crippen LogP contribution is -2.51. The number of nitrogens with one attached hydrogen (secondary N) is 1. The van der Waals surface area contributed by atoms with Crippen molar-refractivity contribution in [3.8, 4) is 5.75 Å². The Labute approximate surface area is 303 Å². The Morgan fingerprint density at radius 3 is 2.22 bits per heavy atom. The van der Waals surface area contributed by atoms with E-state index < -0.39 is 6.10 Å². The predicted octanol–water partition coefficient (Wildman–Crippen LogP) is 6.46. The molecule has 51 heavy (non-hydrogen) atoms. The average Bonchev–Trinajstić information content (AvgIpc) is 3.17. The largest absolute Gasteiger partial charge is 0.490 e. The van der Waals surface area contributed by atoms with Crippen molar-refractivity contribution in [3.63, 3.8) is 0 Å². The third-order valence-corrected chi connectivity index (χ3v) is 10.5. The van der Waals surface area contributed by atoms with E-state index in [2.05, 4.69) is 63.7 Å². The summed E-state index contributed by atoms with van der Waals surface area (Å²) in [7, 11) is 0. The van der Waals surface area contributed by atoms with Crippen LogP contribution in [0.1, 0.15) is 62.5 Å². The van der Waals surface area contributed by atoms with Gasteiger partial charge in [0.1, 0.15) is 18.5 Å². The highest BCUT2D eigenvalue weighted by Gasteiger charge is 2.34. The van der Waals surface area contributed by atoms with Crippen molar-refractivity contribution in [2.45, 2.75) is 76.4 Å². The molecule has 2 aliphatic rings. The average molecular weight is 691 g/mol. The van der Waals surface area contributed by atoms with Crippen LogP contribution in [-0.2, 0) is 22.4 Å². The quantitative estimate of drug-likeness (QED) is 0.140. The first-order valence-electron chi connectivity index (χ1n) is 19.1. The molecular formula is C43H54N4O4. The molecule has 6 rings (SSSR count). The number of pyridine rings is 1. The number of rotatable bonds is 16. The molecule has 3 atom stereocenters. The van der Waals surface area contributed by atoms with Gasteiger partial charge in [-0.05, 0) is 106 Å². The SMILES string of the molecule is O=C(NC(CCCc1ccccc1)CCCc1ccccc1)C1CCCN(C(=O)C2CCCN(C[C@H](O)COc3cccc4ncccc34)C2)C1. The van der Waals surface area contributed by atoms with Gasteiger partial charge >= 0.3 is 0 Å². The fourth-order valence-electron chi connectivity index (χ4n) is 7.81. The number of carbonyl (C=O) groups excluding carboxylic acids is 2. The Balaban J connectivity index is 0.978. The maximum atomic E-state index is 13.8. The summed E-state index contributed by atoms with van der Waals surface area (Å²) < 4.78 is 6.01. The first-order valence-corrected chi connectivity index (χ1v) is 19.1. The number of hydrogen-bond donors (Lipinski definition) is 2. The zero-order chi connectivity index (χ0) is 35.3. The van der Waals surface area contributed by atoms with Gasteiger partial charge in [0.15, 0.2) is 0 Å². The van der Waals surface area contributed by atoms with Crippen LogP contribution in [0, 0.1) is 11.8 Å². The molecule has 2 N–H and O–H groups in total. The maximum Gasteiger partial charge on any atom is 0.226 e. The molecule has 2 fully saturated rings. The van der Waals surface area contributed by atoms with Crippen molar-refractivity contribution < 1.29 is 19.4 Å². The summed E-state index contributed by atoms with van der Waals surface area (Å²) >= 11 is 0. The minimum atomic E-state index is -0.679. The molecule has 0 bridgehead atoms. The number of fused-ring (bicyclic) bond motifs is 1. The summed E-state index contributed by atoms with van der Waals surface area (Å²) in [4.78, 5) is 36.1. The summed E-state index contributed by atoms with van der Waals surface area (Å²) in [6.07, 6.45) is 10.4. The Kier molecular flexibility index (Phi) is 13.5. The van der Waals surface area contributed by atoms with Crippen LogP contribution in [0.5, 0.6) is 5.75 Å². The number of carbonyl (C=O) groups is 2. The van der Waals surface area contributed by atoms with Crippen LogP contribution in [-0.4, -0.2) is 83.2 Å². The molecule has 1 aromatic heterocycles. The van der Waals surface area contributed by atoms with Crippen LogP contribution in [0.3, 0.4) is 0 Å². The molecule has 8 nitrogen and oxygen atoms in total. The molecule has 3 aromatic carbocycles. The number of aliphatic hydroxyl groups excluding tert-OH is 1. The van der Waals surface area contributed by atoms with Gasteiger partial charge in [0.2, 0.25) is 11.8 Å². The Bertz CT molecular complexity index is 1620.